The molecule has 4 nitrogen and oxygen atoms in total. The van der Waals surface area contributed by atoms with Crippen molar-refractivity contribution in [1.82, 2.24) is 4.81 Å². The highest BCUT2D eigenvalue weighted by molar-refractivity contribution is 5.99. The van der Waals surface area contributed by atoms with Gasteiger partial charge in [0.05, 0.1) is 16.7 Å². The topological polar surface area (TPSA) is 64.2 Å². The summed E-state index contributed by atoms with van der Waals surface area (Å²) in [7, 11) is 0. The number of nitriles is 1. The molecular weight excluding hydrogens is 522 g/mol. The molecule has 0 saturated heterocycles. The minimum atomic E-state index is -5.05. The van der Waals surface area contributed by atoms with E-state index in [0.29, 0.717) is 11.1 Å². The number of nitrogens with zero attached hydrogens (tertiary/aromatic N) is 2. The van der Waals surface area contributed by atoms with Gasteiger partial charge in [0, 0.05) is 22.5 Å². The van der Waals surface area contributed by atoms with E-state index in [0.717, 1.165) is 12.1 Å². The van der Waals surface area contributed by atoms with Crippen LogP contribution in [0.3, 0.4) is 0 Å². The Morgan fingerprint density at radius 2 is 1.10 bits per heavy atom. The lowest BCUT2D eigenvalue weighted by Gasteiger charge is -2.31. The highest BCUT2D eigenvalue weighted by atomic mass is 19.4. The third-order valence-corrected chi connectivity index (χ3v) is 6.50. The maximum Gasteiger partial charge on any atom is 0.426 e. The summed E-state index contributed by atoms with van der Waals surface area (Å²) in [5, 5.41) is 32.1. The fourth-order valence-electron chi connectivity index (χ4n) is 4.65. The van der Waals surface area contributed by atoms with E-state index in [2.05, 4.69) is 0 Å². The van der Waals surface area contributed by atoms with Crippen molar-refractivity contribution >= 4 is 16.9 Å². The van der Waals surface area contributed by atoms with Gasteiger partial charge in [-0.1, -0.05) is 54.6 Å². The van der Waals surface area contributed by atoms with Crippen molar-refractivity contribution in [3.8, 4) is 28.3 Å². The van der Waals surface area contributed by atoms with E-state index < -0.39 is 39.6 Å². The second-order valence-corrected chi connectivity index (χ2v) is 8.87. The Kier molecular flexibility index (Phi) is 6.11. The zero-order valence-corrected chi connectivity index (χ0v) is 19.7. The van der Waals surface area contributed by atoms with Crippen LogP contribution in [0.2, 0.25) is 0 Å². The molecule has 0 saturated carbocycles. The first-order chi connectivity index (χ1) is 18.3. The molecule has 2 N–H and O–H groups in total. The zero-order chi connectivity index (χ0) is 28.2. The quantitative estimate of drug-likeness (QED) is 0.152. The third-order valence-electron chi connectivity index (χ3n) is 6.50. The molecule has 0 aromatic heterocycles. The van der Waals surface area contributed by atoms with E-state index in [1.807, 2.05) is 0 Å². The van der Waals surface area contributed by atoms with E-state index in [1.54, 1.807) is 30.3 Å². The number of hydrogen-bond acceptors (Lipinski definition) is 3. The average molecular weight is 539 g/mol. The molecule has 0 aliphatic carbocycles. The van der Waals surface area contributed by atoms with Gasteiger partial charge in [-0.3, -0.25) is 0 Å². The molecule has 4 aromatic rings. The predicted molar refractivity (Wildman–Crippen MR) is 131 cm³/mol. The lowest BCUT2D eigenvalue weighted by molar-refractivity contribution is -0.246. The van der Waals surface area contributed by atoms with Crippen LogP contribution in [0.25, 0.3) is 27.8 Å². The Morgan fingerprint density at radius 3 is 1.54 bits per heavy atom. The van der Waals surface area contributed by atoms with Gasteiger partial charge in [0.25, 0.3) is 0 Å². The molecule has 0 atom stereocenters. The van der Waals surface area contributed by atoms with Gasteiger partial charge in [0.2, 0.25) is 11.4 Å². The van der Waals surface area contributed by atoms with Crippen molar-refractivity contribution in [2.45, 2.75) is 12.4 Å². The Hall–Kier alpha value is -4.43. The van der Waals surface area contributed by atoms with E-state index in [-0.39, 0.29) is 27.9 Å². The molecule has 1 aliphatic heterocycles. The summed E-state index contributed by atoms with van der Waals surface area (Å²) in [6.45, 7) is 0. The number of rotatable bonds is 2. The van der Waals surface area contributed by atoms with Crippen molar-refractivity contribution < 1.29 is 36.8 Å². The second kappa shape index (κ2) is 9.10. The van der Waals surface area contributed by atoms with Crippen LogP contribution in [0.15, 0.2) is 96.6 Å². The summed E-state index contributed by atoms with van der Waals surface area (Å²) in [6, 6.07) is 21.8. The van der Waals surface area contributed by atoms with Crippen LogP contribution in [-0.4, -0.2) is 16.6 Å². The minimum absolute atomic E-state index is 0.205. The van der Waals surface area contributed by atoms with Gasteiger partial charge < -0.3 is 0 Å². The van der Waals surface area contributed by atoms with Crippen molar-refractivity contribution in [3.05, 3.63) is 113 Å². The SMILES string of the molecule is N#C/C(=C1/c2ccc(-c3ccccc3)cc2[N+](O)(O)c2cc(-c3ccc(C(F)(F)F)cc3)ccc21)C(F)(F)F. The number of alkyl halides is 6. The number of benzene rings is 4. The molecule has 39 heavy (non-hydrogen) atoms. The third kappa shape index (κ3) is 4.57. The van der Waals surface area contributed by atoms with E-state index in [1.165, 1.54) is 54.6 Å². The molecular formula is C29H17F6N2O2+. The summed E-state index contributed by atoms with van der Waals surface area (Å²) in [5.74, 6) is 0. The van der Waals surface area contributed by atoms with Crippen molar-refractivity contribution in [2.75, 3.05) is 0 Å². The summed E-state index contributed by atoms with van der Waals surface area (Å²) >= 11 is 0. The Morgan fingerprint density at radius 1 is 0.641 bits per heavy atom. The van der Waals surface area contributed by atoms with Crippen molar-refractivity contribution in [1.29, 1.82) is 5.26 Å². The van der Waals surface area contributed by atoms with Crippen LogP contribution in [0, 0.1) is 11.3 Å². The van der Waals surface area contributed by atoms with Crippen molar-refractivity contribution in [3.63, 3.8) is 0 Å². The molecule has 0 radical (unpaired) electrons. The van der Waals surface area contributed by atoms with Gasteiger partial charge in [-0.25, -0.2) is 0 Å². The summed E-state index contributed by atoms with van der Waals surface area (Å²) < 4.78 is 81.0. The smallest absolute Gasteiger partial charge is 0.192 e. The fraction of sp³-hybridized carbons (Fsp3) is 0.0690. The molecule has 196 valence electrons. The molecule has 0 fully saturated rings. The van der Waals surface area contributed by atoms with E-state index in [4.69, 9.17) is 0 Å². The Balaban J connectivity index is 1.76. The molecule has 1 aliphatic rings. The number of hydrogen-bond donors (Lipinski definition) is 2. The minimum Gasteiger partial charge on any atom is -0.192 e. The lowest BCUT2D eigenvalue weighted by Crippen LogP contribution is -2.40. The van der Waals surface area contributed by atoms with Gasteiger partial charge in [-0.05, 0) is 46.5 Å². The number of quaternary nitrogens is 1. The van der Waals surface area contributed by atoms with Crippen molar-refractivity contribution in [2.24, 2.45) is 0 Å². The van der Waals surface area contributed by atoms with Crippen LogP contribution in [0.1, 0.15) is 16.7 Å². The standard InChI is InChI=1S/C29H17F6N2O2/c30-28(31,32)21-10-6-18(7-11-21)20-9-13-23-26(15-20)37(38,39)25-14-19(17-4-2-1-3-5-17)8-12-22(25)27(23)24(16-36)29(33,34)35/h1-15,38-39H/q+1/b27-24+. The second-order valence-electron chi connectivity index (χ2n) is 8.87. The van der Waals surface area contributed by atoms with Gasteiger partial charge in [0.15, 0.2) is 0 Å². The summed E-state index contributed by atoms with van der Waals surface area (Å²) in [4.78, 5) is -1.94. The maximum absolute atomic E-state index is 14.0. The summed E-state index contributed by atoms with van der Waals surface area (Å²) in [6.07, 6.45) is -9.62. The highest BCUT2D eigenvalue weighted by Gasteiger charge is 2.47. The van der Waals surface area contributed by atoms with Gasteiger partial charge in [0.1, 0.15) is 11.6 Å². The van der Waals surface area contributed by atoms with Crippen LogP contribution in [0.4, 0.5) is 37.7 Å². The van der Waals surface area contributed by atoms with Crippen LogP contribution in [-0.2, 0) is 6.18 Å². The lowest BCUT2D eigenvalue weighted by atomic mass is 9.85. The normalized spacial score (nSPS) is 15.7. The van der Waals surface area contributed by atoms with Gasteiger partial charge >= 0.3 is 12.4 Å². The molecule has 0 amide bonds. The molecule has 4 aromatic carbocycles. The zero-order valence-electron chi connectivity index (χ0n) is 19.7. The van der Waals surface area contributed by atoms with E-state index >= 15 is 0 Å². The summed E-state index contributed by atoms with van der Waals surface area (Å²) in [5.41, 5.74) is -2.54. The van der Waals surface area contributed by atoms with E-state index in [9.17, 15) is 42.0 Å². The highest BCUT2D eigenvalue weighted by Crippen LogP contribution is 2.52. The number of allylic oxidation sites excluding steroid dienone is 1. The van der Waals surface area contributed by atoms with Crippen LogP contribution < -0.4 is 4.81 Å². The molecule has 1 heterocycles. The number of halogens is 6. The Bertz CT molecular complexity index is 1650. The fourth-order valence-corrected chi connectivity index (χ4v) is 4.65. The predicted octanol–water partition coefficient (Wildman–Crippen LogP) is 8.66. The maximum atomic E-state index is 14.0. The molecule has 5 rings (SSSR count). The van der Waals surface area contributed by atoms with Gasteiger partial charge in [-0.15, -0.1) is 0 Å². The Labute approximate surface area is 218 Å². The first-order valence-electron chi connectivity index (χ1n) is 11.4. The molecule has 0 spiro atoms. The molecule has 0 unspecified atom stereocenters. The monoisotopic (exact) mass is 539 g/mol. The van der Waals surface area contributed by atoms with Crippen LogP contribution in [0.5, 0.6) is 0 Å². The largest absolute Gasteiger partial charge is 0.426 e. The van der Waals surface area contributed by atoms with Gasteiger partial charge in [-0.2, -0.15) is 42.0 Å². The first-order valence-corrected chi connectivity index (χ1v) is 11.4. The number of fused-ring (bicyclic) bond motifs is 2. The molecule has 10 heteroatoms. The van der Waals surface area contributed by atoms with Crippen LogP contribution >= 0.6 is 0 Å². The first kappa shape index (κ1) is 26.2. The average Bonchev–Trinajstić information content (AvgIpc) is 2.90. The molecule has 0 bridgehead atoms.